The van der Waals surface area contributed by atoms with Crippen LogP contribution in [-0.2, 0) is 11.3 Å². The zero-order valence-electron chi connectivity index (χ0n) is 18.6. The summed E-state index contributed by atoms with van der Waals surface area (Å²) >= 11 is 0. The monoisotopic (exact) mass is 409 g/mol. The van der Waals surface area contributed by atoms with Crippen molar-refractivity contribution < 1.29 is 9.53 Å². The van der Waals surface area contributed by atoms with E-state index >= 15 is 0 Å². The van der Waals surface area contributed by atoms with Crippen LogP contribution < -0.4 is 20.7 Å². The van der Waals surface area contributed by atoms with E-state index in [9.17, 15) is 4.79 Å². The fourth-order valence-electron chi connectivity index (χ4n) is 3.81. The molecule has 1 saturated heterocycles. The molecule has 3 rings (SSSR count). The van der Waals surface area contributed by atoms with E-state index in [0.29, 0.717) is 18.6 Å². The van der Waals surface area contributed by atoms with E-state index in [1.807, 2.05) is 45.9 Å². The van der Waals surface area contributed by atoms with Crippen LogP contribution in [0, 0.1) is 5.92 Å². The summed E-state index contributed by atoms with van der Waals surface area (Å²) in [6, 6.07) is 17.1. The minimum atomic E-state index is -0.0573. The van der Waals surface area contributed by atoms with Gasteiger partial charge in [0.15, 0.2) is 0 Å². The third-order valence-corrected chi connectivity index (χ3v) is 5.39. The molecule has 3 N–H and O–H groups in total. The Balaban J connectivity index is 1.76. The second-order valence-electron chi connectivity index (χ2n) is 8.61. The molecule has 0 bridgehead atoms. The minimum Gasteiger partial charge on any atom is -0.491 e. The molecule has 1 amide bonds. The summed E-state index contributed by atoms with van der Waals surface area (Å²) in [6.45, 7) is 9.57. The van der Waals surface area contributed by atoms with Crippen LogP contribution in [0.2, 0.25) is 0 Å². The zero-order chi connectivity index (χ0) is 21.5. The maximum atomic E-state index is 12.1. The lowest BCUT2D eigenvalue weighted by atomic mass is 9.92. The van der Waals surface area contributed by atoms with Gasteiger partial charge in [-0.15, -0.1) is 0 Å². The quantitative estimate of drug-likeness (QED) is 0.594. The van der Waals surface area contributed by atoms with Gasteiger partial charge in [-0.2, -0.15) is 0 Å². The molecule has 1 aliphatic rings. The van der Waals surface area contributed by atoms with Gasteiger partial charge in [-0.25, -0.2) is 0 Å². The van der Waals surface area contributed by atoms with Crippen LogP contribution >= 0.6 is 0 Å². The maximum absolute atomic E-state index is 12.1. The van der Waals surface area contributed by atoms with Crippen molar-refractivity contribution in [1.82, 2.24) is 10.6 Å². The van der Waals surface area contributed by atoms with E-state index in [4.69, 9.17) is 4.74 Å². The molecule has 1 heterocycles. The Hall–Kier alpha value is -2.37. The minimum absolute atomic E-state index is 0.0204. The normalized spacial score (nSPS) is 19.1. The largest absolute Gasteiger partial charge is 0.491 e. The Morgan fingerprint density at radius 3 is 2.60 bits per heavy atom. The highest BCUT2D eigenvalue weighted by molar-refractivity contribution is 5.92. The molecule has 2 atom stereocenters. The number of nitrogens with one attached hydrogen (secondary N) is 3. The third kappa shape index (κ3) is 6.07. The Morgan fingerprint density at radius 1 is 1.13 bits per heavy atom. The van der Waals surface area contributed by atoms with E-state index in [2.05, 4.69) is 46.3 Å². The van der Waals surface area contributed by atoms with E-state index in [1.54, 1.807) is 0 Å². The first kappa shape index (κ1) is 22.3. The number of amides is 1. The molecule has 1 aliphatic heterocycles. The van der Waals surface area contributed by atoms with Gasteiger partial charge in [0.25, 0.3) is 0 Å². The topological polar surface area (TPSA) is 62.4 Å². The van der Waals surface area contributed by atoms with Crippen molar-refractivity contribution in [2.75, 3.05) is 11.9 Å². The molecule has 5 nitrogen and oxygen atoms in total. The van der Waals surface area contributed by atoms with E-state index in [0.717, 1.165) is 36.4 Å². The van der Waals surface area contributed by atoms with Gasteiger partial charge in [-0.1, -0.05) is 44.2 Å². The molecule has 0 aromatic heterocycles. The highest BCUT2D eigenvalue weighted by Crippen LogP contribution is 2.27. The summed E-state index contributed by atoms with van der Waals surface area (Å²) in [7, 11) is 0. The van der Waals surface area contributed by atoms with Crippen molar-refractivity contribution in [2.24, 2.45) is 5.92 Å². The predicted molar refractivity (Wildman–Crippen MR) is 123 cm³/mol. The Labute approximate surface area is 180 Å². The van der Waals surface area contributed by atoms with Crippen molar-refractivity contribution in [3.05, 3.63) is 59.7 Å². The Kier molecular flexibility index (Phi) is 7.88. The molecule has 0 unspecified atom stereocenters. The zero-order valence-corrected chi connectivity index (χ0v) is 18.6. The first-order valence-corrected chi connectivity index (χ1v) is 11.1. The second-order valence-corrected chi connectivity index (χ2v) is 8.61. The van der Waals surface area contributed by atoms with Crippen molar-refractivity contribution in [3.63, 3.8) is 0 Å². The lowest BCUT2D eigenvalue weighted by molar-refractivity contribution is -0.118. The smallest absolute Gasteiger partial charge is 0.226 e. The van der Waals surface area contributed by atoms with Gasteiger partial charge in [0.2, 0.25) is 5.91 Å². The molecule has 0 spiro atoms. The number of hydrogen-bond acceptors (Lipinski definition) is 4. The average molecular weight is 410 g/mol. The molecule has 2 aromatic carbocycles. The number of piperidine rings is 1. The third-order valence-electron chi connectivity index (χ3n) is 5.39. The molecule has 0 aliphatic carbocycles. The fourth-order valence-corrected chi connectivity index (χ4v) is 3.81. The lowest BCUT2D eigenvalue weighted by Crippen LogP contribution is -2.45. The summed E-state index contributed by atoms with van der Waals surface area (Å²) in [4.78, 5) is 12.1. The Morgan fingerprint density at radius 2 is 1.90 bits per heavy atom. The van der Waals surface area contributed by atoms with Crippen LogP contribution in [0.4, 0.5) is 5.69 Å². The number of benzene rings is 2. The number of ether oxygens (including phenoxy) is 1. The molecule has 1 fully saturated rings. The number of hydrogen-bond donors (Lipinski definition) is 3. The van der Waals surface area contributed by atoms with Crippen LogP contribution in [0.1, 0.15) is 57.7 Å². The highest BCUT2D eigenvalue weighted by Gasteiger charge is 2.26. The first-order valence-electron chi connectivity index (χ1n) is 11.1. The first-order chi connectivity index (χ1) is 14.4. The van der Waals surface area contributed by atoms with Gasteiger partial charge < -0.3 is 20.7 Å². The number of carbonyl (C=O) groups is 1. The van der Waals surface area contributed by atoms with Crippen molar-refractivity contribution >= 4 is 11.6 Å². The Bertz CT molecular complexity index is 820. The van der Waals surface area contributed by atoms with Gasteiger partial charge in [-0.05, 0) is 57.0 Å². The van der Waals surface area contributed by atoms with E-state index < -0.39 is 0 Å². The highest BCUT2D eigenvalue weighted by atomic mass is 16.5. The van der Waals surface area contributed by atoms with Crippen molar-refractivity contribution in [1.29, 1.82) is 0 Å². The molecular weight excluding hydrogens is 374 g/mol. The summed E-state index contributed by atoms with van der Waals surface area (Å²) in [5.74, 6) is 0.824. The molecule has 30 heavy (non-hydrogen) atoms. The van der Waals surface area contributed by atoms with E-state index in [-0.39, 0.29) is 17.9 Å². The SMILES string of the molecule is CC(C)Oc1ccc(NC(=O)C(C)C)cc1CN[C@H]1CCCN[C@H]1c1ccccc1. The average Bonchev–Trinajstić information content (AvgIpc) is 2.74. The number of carbonyl (C=O) groups excluding carboxylic acids is 1. The van der Waals surface area contributed by atoms with Crippen LogP contribution in [0.15, 0.2) is 48.5 Å². The maximum Gasteiger partial charge on any atom is 0.226 e. The summed E-state index contributed by atoms with van der Waals surface area (Å²) in [5, 5.41) is 10.4. The summed E-state index contributed by atoms with van der Waals surface area (Å²) in [6.07, 6.45) is 2.37. The van der Waals surface area contributed by atoms with Crippen LogP contribution in [0.25, 0.3) is 0 Å². The molecule has 162 valence electrons. The van der Waals surface area contributed by atoms with Crippen molar-refractivity contribution in [3.8, 4) is 5.75 Å². The molecule has 2 aromatic rings. The molecule has 0 saturated carbocycles. The lowest BCUT2D eigenvalue weighted by Gasteiger charge is -2.34. The fraction of sp³-hybridized carbons (Fsp3) is 0.480. The van der Waals surface area contributed by atoms with Gasteiger partial charge in [-0.3, -0.25) is 4.79 Å². The van der Waals surface area contributed by atoms with Crippen molar-refractivity contribution in [2.45, 2.75) is 65.3 Å². The standard InChI is InChI=1S/C25H35N3O2/c1-17(2)25(29)28-21-12-13-23(30-18(3)4)20(15-21)16-27-22-11-8-14-26-24(22)19-9-6-5-7-10-19/h5-7,9-10,12-13,15,17-18,22,24,26-27H,8,11,14,16H2,1-4H3,(H,28,29)/t22-,24-/m0/s1. The number of anilines is 1. The van der Waals surface area contributed by atoms with Crippen LogP contribution in [0.3, 0.4) is 0 Å². The summed E-state index contributed by atoms with van der Waals surface area (Å²) in [5.41, 5.74) is 3.18. The second kappa shape index (κ2) is 10.6. The summed E-state index contributed by atoms with van der Waals surface area (Å²) < 4.78 is 6.04. The van der Waals surface area contributed by atoms with Gasteiger partial charge in [0.05, 0.1) is 6.10 Å². The van der Waals surface area contributed by atoms with Gasteiger partial charge in [0.1, 0.15) is 5.75 Å². The molecule has 0 radical (unpaired) electrons. The van der Waals surface area contributed by atoms with Crippen LogP contribution in [0.5, 0.6) is 5.75 Å². The van der Waals surface area contributed by atoms with Gasteiger partial charge >= 0.3 is 0 Å². The van der Waals surface area contributed by atoms with Gasteiger partial charge in [0, 0.05) is 35.8 Å². The van der Waals surface area contributed by atoms with E-state index in [1.165, 1.54) is 5.56 Å². The number of rotatable bonds is 8. The van der Waals surface area contributed by atoms with Crippen LogP contribution in [-0.4, -0.2) is 24.6 Å². The predicted octanol–water partition coefficient (Wildman–Crippen LogP) is 4.65. The molecular formula is C25H35N3O2. The molecule has 5 heteroatoms.